The summed E-state index contributed by atoms with van der Waals surface area (Å²) in [5.41, 5.74) is 11.4. The molecular weight excluding hydrogens is 645 g/mol. The van der Waals surface area contributed by atoms with Crippen molar-refractivity contribution in [1.82, 2.24) is 13.8 Å². The number of pyridine rings is 1. The molecule has 8 aromatic carbocycles. The molecular formula is C49H28N4. The zero-order chi connectivity index (χ0) is 34.4. The van der Waals surface area contributed by atoms with Gasteiger partial charge in [0, 0.05) is 49.1 Å². The molecule has 53 heavy (non-hydrogen) atoms. The van der Waals surface area contributed by atoms with E-state index in [0.717, 1.165) is 39.3 Å². The van der Waals surface area contributed by atoms with Gasteiger partial charge in [-0.2, -0.15) is 0 Å². The highest BCUT2D eigenvalue weighted by Crippen LogP contribution is 2.49. The number of fused-ring (bicyclic) bond motifs is 15. The van der Waals surface area contributed by atoms with E-state index in [9.17, 15) is 0 Å². The second kappa shape index (κ2) is 9.78. The lowest BCUT2D eigenvalue weighted by Crippen LogP contribution is -2.11. The SMILES string of the molecule is c1ccc(N(c2ccccc2)c2cc3ccccc3c3c4cccc5c6cc7c(nc6n(c23)c54)c2cccc3c4cc5ccccc5cc4n7c32)cc1. The van der Waals surface area contributed by atoms with Crippen LogP contribution in [0.15, 0.2) is 170 Å². The molecule has 0 radical (unpaired) electrons. The van der Waals surface area contributed by atoms with Crippen LogP contribution >= 0.6 is 0 Å². The lowest BCUT2D eigenvalue weighted by Gasteiger charge is -2.27. The Hall–Kier alpha value is -7.17. The second-order valence-corrected chi connectivity index (χ2v) is 14.4. The number of benzene rings is 8. The van der Waals surface area contributed by atoms with Crippen molar-refractivity contribution in [3.8, 4) is 0 Å². The summed E-state index contributed by atoms with van der Waals surface area (Å²) in [5.74, 6) is 0. The number of rotatable bonds is 3. The zero-order valence-corrected chi connectivity index (χ0v) is 28.5. The molecule has 0 saturated carbocycles. The maximum Gasteiger partial charge on any atom is 0.146 e. The van der Waals surface area contributed by atoms with Crippen molar-refractivity contribution in [2.75, 3.05) is 4.90 Å². The van der Waals surface area contributed by atoms with Crippen LogP contribution in [-0.4, -0.2) is 13.8 Å². The van der Waals surface area contributed by atoms with Gasteiger partial charge in [0.2, 0.25) is 0 Å². The zero-order valence-electron chi connectivity index (χ0n) is 28.5. The average molecular weight is 673 g/mol. The Morgan fingerprint density at radius 1 is 0.377 bits per heavy atom. The molecule has 0 saturated heterocycles. The van der Waals surface area contributed by atoms with E-state index in [0.29, 0.717) is 0 Å². The minimum Gasteiger partial charge on any atom is -0.308 e. The van der Waals surface area contributed by atoms with Crippen LogP contribution in [0.3, 0.4) is 0 Å². The highest BCUT2D eigenvalue weighted by atomic mass is 15.2. The van der Waals surface area contributed by atoms with Crippen LogP contribution in [-0.2, 0) is 0 Å². The first kappa shape index (κ1) is 27.5. The minimum absolute atomic E-state index is 0.986. The lowest BCUT2D eigenvalue weighted by molar-refractivity contribution is 1.25. The van der Waals surface area contributed by atoms with E-state index in [1.807, 2.05) is 0 Å². The van der Waals surface area contributed by atoms with E-state index in [2.05, 4.69) is 184 Å². The molecule has 4 nitrogen and oxygen atoms in total. The van der Waals surface area contributed by atoms with Crippen LogP contribution in [0.2, 0.25) is 0 Å². The van der Waals surface area contributed by atoms with E-state index >= 15 is 0 Å². The maximum atomic E-state index is 5.73. The minimum atomic E-state index is 0.986. The molecule has 13 rings (SSSR count). The largest absolute Gasteiger partial charge is 0.308 e. The summed E-state index contributed by atoms with van der Waals surface area (Å²) in [4.78, 5) is 8.13. The summed E-state index contributed by atoms with van der Waals surface area (Å²) in [6.45, 7) is 0. The fourth-order valence-corrected chi connectivity index (χ4v) is 9.52. The monoisotopic (exact) mass is 672 g/mol. The van der Waals surface area contributed by atoms with Crippen LogP contribution < -0.4 is 4.90 Å². The molecule has 0 amide bonds. The van der Waals surface area contributed by atoms with Crippen LogP contribution in [0.25, 0.3) is 98.0 Å². The van der Waals surface area contributed by atoms with Gasteiger partial charge in [-0.3, -0.25) is 4.40 Å². The normalized spacial score (nSPS) is 12.5. The topological polar surface area (TPSA) is 25.0 Å². The molecule has 0 N–H and O–H groups in total. The highest BCUT2D eigenvalue weighted by Gasteiger charge is 2.27. The summed E-state index contributed by atoms with van der Waals surface area (Å²) >= 11 is 0. The number of nitrogens with zero attached hydrogens (tertiary/aromatic N) is 4. The molecule has 0 fully saturated rings. The van der Waals surface area contributed by atoms with Crippen LogP contribution in [0, 0.1) is 0 Å². The molecule has 0 bridgehead atoms. The molecule has 0 aliphatic carbocycles. The molecule has 0 spiro atoms. The third-order valence-corrected chi connectivity index (χ3v) is 11.7. The molecule has 5 aromatic heterocycles. The highest BCUT2D eigenvalue weighted by molar-refractivity contribution is 6.32. The van der Waals surface area contributed by atoms with Gasteiger partial charge in [-0.05, 0) is 70.1 Å². The lowest BCUT2D eigenvalue weighted by atomic mass is 10.0. The molecule has 13 aromatic rings. The fourth-order valence-electron chi connectivity index (χ4n) is 9.52. The Labute approximate surface area is 302 Å². The van der Waals surface area contributed by atoms with Gasteiger partial charge in [0.1, 0.15) is 5.65 Å². The first-order valence-electron chi connectivity index (χ1n) is 18.2. The first-order valence-corrected chi connectivity index (χ1v) is 18.2. The van der Waals surface area contributed by atoms with Gasteiger partial charge in [0.25, 0.3) is 0 Å². The summed E-state index contributed by atoms with van der Waals surface area (Å²) in [5, 5.41) is 13.6. The molecule has 0 aliphatic heterocycles. The first-order chi connectivity index (χ1) is 26.3. The standard InChI is InChI=1S/C49H28N4/c1-3-16-32(17-4-1)51(33-18-5-2-6-19-33)43-27-31-15-9-10-20-34(31)44-37-23-11-22-36-40-28-42-45(50-49(40)53(46(36)37)48(43)44)38-24-12-21-35-39-25-29-13-7-8-14-30(29)26-41(39)52(42)47(35)38/h1-28H. The van der Waals surface area contributed by atoms with E-state index in [1.165, 1.54) is 75.8 Å². The predicted molar refractivity (Wildman–Crippen MR) is 223 cm³/mol. The molecule has 0 unspecified atom stereocenters. The van der Waals surface area contributed by atoms with Crippen molar-refractivity contribution in [3.63, 3.8) is 0 Å². The van der Waals surface area contributed by atoms with Crippen molar-refractivity contribution >= 4 is 115 Å². The summed E-state index contributed by atoms with van der Waals surface area (Å²) in [6.07, 6.45) is 0. The van der Waals surface area contributed by atoms with Gasteiger partial charge >= 0.3 is 0 Å². The van der Waals surface area contributed by atoms with E-state index < -0.39 is 0 Å². The van der Waals surface area contributed by atoms with Crippen molar-refractivity contribution in [2.45, 2.75) is 0 Å². The second-order valence-electron chi connectivity index (χ2n) is 14.4. The van der Waals surface area contributed by atoms with Crippen LogP contribution in [0.5, 0.6) is 0 Å². The summed E-state index contributed by atoms with van der Waals surface area (Å²) in [6, 6.07) is 62.0. The summed E-state index contributed by atoms with van der Waals surface area (Å²) < 4.78 is 4.93. The van der Waals surface area contributed by atoms with Gasteiger partial charge in [-0.15, -0.1) is 0 Å². The van der Waals surface area contributed by atoms with Gasteiger partial charge in [-0.25, -0.2) is 4.98 Å². The predicted octanol–water partition coefficient (Wildman–Crippen LogP) is 13.2. The number of hydrogen-bond donors (Lipinski definition) is 0. The van der Waals surface area contributed by atoms with E-state index in [4.69, 9.17) is 4.98 Å². The van der Waals surface area contributed by atoms with Crippen molar-refractivity contribution in [2.24, 2.45) is 0 Å². The van der Waals surface area contributed by atoms with Crippen molar-refractivity contribution in [3.05, 3.63) is 170 Å². The molecule has 244 valence electrons. The quantitative estimate of drug-likeness (QED) is 0.187. The maximum absolute atomic E-state index is 5.73. The number of anilines is 3. The molecule has 4 heteroatoms. The molecule has 0 atom stereocenters. The number of para-hydroxylation sites is 4. The van der Waals surface area contributed by atoms with Gasteiger partial charge < -0.3 is 9.30 Å². The molecule has 5 heterocycles. The Kier molecular flexibility index (Phi) is 5.08. The number of aromatic nitrogens is 3. The van der Waals surface area contributed by atoms with Gasteiger partial charge in [0.15, 0.2) is 0 Å². The van der Waals surface area contributed by atoms with Crippen LogP contribution in [0.4, 0.5) is 17.1 Å². The van der Waals surface area contributed by atoms with Crippen LogP contribution in [0.1, 0.15) is 0 Å². The third kappa shape index (κ3) is 3.43. The Balaban J connectivity index is 1.24. The van der Waals surface area contributed by atoms with Gasteiger partial charge in [0.05, 0.1) is 38.8 Å². The van der Waals surface area contributed by atoms with E-state index in [-0.39, 0.29) is 0 Å². The van der Waals surface area contributed by atoms with Gasteiger partial charge in [-0.1, -0.05) is 121 Å². The average Bonchev–Trinajstić information content (AvgIpc) is 3.94. The van der Waals surface area contributed by atoms with E-state index in [1.54, 1.807) is 0 Å². The smallest absolute Gasteiger partial charge is 0.146 e. The fraction of sp³-hybridized carbons (Fsp3) is 0. The van der Waals surface area contributed by atoms with Crippen molar-refractivity contribution < 1.29 is 0 Å². The third-order valence-electron chi connectivity index (χ3n) is 11.7. The Morgan fingerprint density at radius 2 is 0.962 bits per heavy atom. The Bertz CT molecular complexity index is 3580. The number of hydrogen-bond acceptors (Lipinski definition) is 2. The summed E-state index contributed by atoms with van der Waals surface area (Å²) in [7, 11) is 0. The van der Waals surface area contributed by atoms with Crippen molar-refractivity contribution in [1.29, 1.82) is 0 Å². The Morgan fingerprint density at radius 3 is 1.72 bits per heavy atom. The molecule has 0 aliphatic rings.